The third kappa shape index (κ3) is 34.1. The number of hydrogen-bond donors (Lipinski definition) is 7. The molecule has 0 radical (unpaired) electrons. The fourth-order valence-electron chi connectivity index (χ4n) is 4.07. The van der Waals surface area contributed by atoms with Crippen LogP contribution < -0.4 is 37.6 Å². The summed E-state index contributed by atoms with van der Waals surface area (Å²) < 4.78 is 0. The lowest BCUT2D eigenvalue weighted by molar-refractivity contribution is 0.260. The molecule has 1 aromatic rings. The molecule has 1 aromatic carbocycles. The smallest absolute Gasteiger partial charge is 0.0234 e. The maximum Gasteiger partial charge on any atom is 0.0234 e. The third-order valence-corrected chi connectivity index (χ3v) is 6.12. The van der Waals surface area contributed by atoms with Gasteiger partial charge in [-0.15, -0.1) is 99.3 Å². The molecule has 1 aliphatic heterocycles. The van der Waals surface area contributed by atoms with E-state index < -0.39 is 0 Å². The standard InChI is InChI=1S/C26H52N8.8ClH/c27-9-1-10-28-16-17-30-12-3-14-33-23-25-5-7-26(8-6-25)24-34-21-4-15-31-19-18-29-11-2-13-32-20-22-34;;;;;;;;/h5-8,28-33H,1-4,9-24,27H2;8*1H. The minimum absolute atomic E-state index is 0. The second-order valence-electron chi connectivity index (χ2n) is 9.22. The van der Waals surface area contributed by atoms with Crippen LogP contribution in [0.5, 0.6) is 0 Å². The van der Waals surface area contributed by atoms with Crippen molar-refractivity contribution >= 4 is 99.3 Å². The minimum Gasteiger partial charge on any atom is -0.330 e. The summed E-state index contributed by atoms with van der Waals surface area (Å²) in [6.07, 6.45) is 4.59. The topological polar surface area (TPSA) is 101 Å². The lowest BCUT2D eigenvalue weighted by Gasteiger charge is -2.23. The average molecular weight is 768 g/mol. The van der Waals surface area contributed by atoms with E-state index in [-0.39, 0.29) is 99.3 Å². The molecule has 0 saturated carbocycles. The van der Waals surface area contributed by atoms with Gasteiger partial charge in [0.15, 0.2) is 0 Å². The molecule has 0 atom stereocenters. The van der Waals surface area contributed by atoms with Crippen LogP contribution >= 0.6 is 99.3 Å². The van der Waals surface area contributed by atoms with Gasteiger partial charge in [-0.2, -0.15) is 0 Å². The molecule has 0 amide bonds. The van der Waals surface area contributed by atoms with Crippen molar-refractivity contribution in [3.8, 4) is 0 Å². The number of nitrogens with zero attached hydrogens (tertiary/aromatic N) is 1. The molecule has 2 rings (SSSR count). The van der Waals surface area contributed by atoms with Crippen molar-refractivity contribution in [2.24, 2.45) is 5.73 Å². The van der Waals surface area contributed by atoms with E-state index in [1.165, 1.54) is 24.0 Å². The first-order valence-electron chi connectivity index (χ1n) is 13.6. The van der Waals surface area contributed by atoms with E-state index in [0.29, 0.717) is 0 Å². The summed E-state index contributed by atoms with van der Waals surface area (Å²) in [6.45, 7) is 16.6. The van der Waals surface area contributed by atoms with Gasteiger partial charge < -0.3 is 37.6 Å². The molecular weight excluding hydrogens is 708 g/mol. The Kier molecular flexibility index (Phi) is 62.0. The molecule has 0 aliphatic carbocycles. The van der Waals surface area contributed by atoms with Crippen LogP contribution in [-0.2, 0) is 13.1 Å². The highest BCUT2D eigenvalue weighted by molar-refractivity contribution is 5.86. The van der Waals surface area contributed by atoms with E-state index in [0.717, 1.165) is 118 Å². The third-order valence-electron chi connectivity index (χ3n) is 6.12. The molecule has 42 heavy (non-hydrogen) atoms. The fraction of sp³-hybridized carbons (Fsp3) is 0.769. The van der Waals surface area contributed by atoms with Crippen LogP contribution in [0.2, 0.25) is 0 Å². The van der Waals surface area contributed by atoms with E-state index in [2.05, 4.69) is 61.1 Å². The Bertz CT molecular complexity index is 584. The normalized spacial score (nSPS) is 14.1. The number of halogens is 8. The summed E-state index contributed by atoms with van der Waals surface area (Å²) in [5.74, 6) is 0. The van der Waals surface area contributed by atoms with Gasteiger partial charge in [-0.25, -0.2) is 0 Å². The number of benzene rings is 1. The second kappa shape index (κ2) is 44.3. The van der Waals surface area contributed by atoms with E-state index >= 15 is 0 Å². The minimum atomic E-state index is 0. The maximum absolute atomic E-state index is 5.49. The SMILES string of the molecule is Cl.Cl.Cl.Cl.Cl.Cl.Cl.Cl.NCCCNCCNCCCNCc1ccc(CN2CCCNCCNCCCNCC2)cc1. The molecular formula is C26H60Cl8N8. The van der Waals surface area contributed by atoms with Crippen molar-refractivity contribution in [3.63, 3.8) is 0 Å². The van der Waals surface area contributed by atoms with Gasteiger partial charge in [-0.3, -0.25) is 4.90 Å². The van der Waals surface area contributed by atoms with Gasteiger partial charge in [0.05, 0.1) is 0 Å². The number of hydrogen-bond acceptors (Lipinski definition) is 8. The van der Waals surface area contributed by atoms with Crippen LogP contribution in [0.25, 0.3) is 0 Å². The molecule has 1 fully saturated rings. The predicted octanol–water partition coefficient (Wildman–Crippen LogP) is 3.43. The molecule has 8 N–H and O–H groups in total. The number of nitrogens with one attached hydrogen (secondary N) is 6. The Morgan fingerprint density at radius 2 is 1.05 bits per heavy atom. The van der Waals surface area contributed by atoms with Gasteiger partial charge in [-0.1, -0.05) is 24.3 Å². The molecule has 0 spiro atoms. The molecule has 260 valence electrons. The highest BCUT2D eigenvalue weighted by atomic mass is 35.5. The van der Waals surface area contributed by atoms with Crippen LogP contribution in [0.4, 0.5) is 0 Å². The van der Waals surface area contributed by atoms with Gasteiger partial charge in [0, 0.05) is 52.4 Å². The van der Waals surface area contributed by atoms with E-state index in [1.807, 2.05) is 0 Å². The lowest BCUT2D eigenvalue weighted by atomic mass is 10.1. The first kappa shape index (κ1) is 58.7. The Labute approximate surface area is 305 Å². The van der Waals surface area contributed by atoms with E-state index in [4.69, 9.17) is 5.73 Å². The summed E-state index contributed by atoms with van der Waals surface area (Å²) >= 11 is 0. The van der Waals surface area contributed by atoms with Crippen molar-refractivity contribution in [1.29, 1.82) is 0 Å². The summed E-state index contributed by atoms with van der Waals surface area (Å²) in [6, 6.07) is 9.17. The molecule has 0 aromatic heterocycles. The largest absolute Gasteiger partial charge is 0.330 e. The van der Waals surface area contributed by atoms with Crippen LogP contribution in [0.15, 0.2) is 24.3 Å². The van der Waals surface area contributed by atoms with Crippen LogP contribution in [-0.4, -0.2) is 96.5 Å². The Morgan fingerprint density at radius 1 is 0.548 bits per heavy atom. The first-order chi connectivity index (χ1) is 16.9. The van der Waals surface area contributed by atoms with Crippen molar-refractivity contribution < 1.29 is 0 Å². The summed E-state index contributed by atoms with van der Waals surface area (Å²) in [5.41, 5.74) is 8.26. The van der Waals surface area contributed by atoms with Gasteiger partial charge in [0.1, 0.15) is 0 Å². The van der Waals surface area contributed by atoms with Gasteiger partial charge >= 0.3 is 0 Å². The van der Waals surface area contributed by atoms with Gasteiger partial charge in [-0.05, 0) is 89.2 Å². The van der Waals surface area contributed by atoms with Gasteiger partial charge in [0.2, 0.25) is 0 Å². The summed E-state index contributed by atoms with van der Waals surface area (Å²) in [4.78, 5) is 2.59. The molecule has 8 nitrogen and oxygen atoms in total. The zero-order chi connectivity index (χ0) is 23.9. The Balaban J connectivity index is -0.000000306. The Morgan fingerprint density at radius 3 is 1.64 bits per heavy atom. The first-order valence-corrected chi connectivity index (χ1v) is 13.6. The number of nitrogens with two attached hydrogens (primary N) is 1. The van der Waals surface area contributed by atoms with Crippen LogP contribution in [0.3, 0.4) is 0 Å². The van der Waals surface area contributed by atoms with Crippen LogP contribution in [0.1, 0.15) is 36.8 Å². The predicted molar refractivity (Wildman–Crippen MR) is 203 cm³/mol. The van der Waals surface area contributed by atoms with E-state index in [1.54, 1.807) is 0 Å². The molecule has 1 aliphatic rings. The molecule has 0 bridgehead atoms. The quantitative estimate of drug-likeness (QED) is 0.145. The zero-order valence-corrected chi connectivity index (χ0v) is 31.3. The van der Waals surface area contributed by atoms with Gasteiger partial charge in [0.25, 0.3) is 0 Å². The van der Waals surface area contributed by atoms with Crippen LogP contribution in [0, 0.1) is 0 Å². The highest BCUT2D eigenvalue weighted by Gasteiger charge is 2.07. The van der Waals surface area contributed by atoms with E-state index in [9.17, 15) is 0 Å². The fourth-order valence-corrected chi connectivity index (χ4v) is 4.07. The summed E-state index contributed by atoms with van der Waals surface area (Å²) in [7, 11) is 0. The zero-order valence-electron chi connectivity index (χ0n) is 24.7. The molecule has 1 saturated heterocycles. The molecule has 0 unspecified atom stereocenters. The average Bonchev–Trinajstić information content (AvgIpc) is 2.86. The molecule has 1 heterocycles. The Hall–Kier alpha value is 1.22. The number of rotatable bonds is 14. The monoisotopic (exact) mass is 764 g/mol. The second-order valence-corrected chi connectivity index (χ2v) is 9.22. The van der Waals surface area contributed by atoms with Crippen molar-refractivity contribution in [1.82, 2.24) is 36.8 Å². The lowest BCUT2D eigenvalue weighted by Crippen LogP contribution is -2.36. The summed E-state index contributed by atoms with van der Waals surface area (Å²) in [5, 5.41) is 21.1. The highest BCUT2D eigenvalue weighted by Crippen LogP contribution is 2.08. The maximum atomic E-state index is 5.49. The molecule has 16 heteroatoms. The van der Waals surface area contributed by atoms with Crippen molar-refractivity contribution in [3.05, 3.63) is 35.4 Å². The van der Waals surface area contributed by atoms with Crippen molar-refractivity contribution in [2.45, 2.75) is 38.8 Å². The van der Waals surface area contributed by atoms with Crippen molar-refractivity contribution in [2.75, 3.05) is 91.6 Å².